The topological polar surface area (TPSA) is 12.0 Å². The van der Waals surface area contributed by atoms with Gasteiger partial charge in [-0.15, -0.1) is 0 Å². The predicted octanol–water partition coefficient (Wildman–Crippen LogP) is 2.25. The molecule has 68 valence electrons. The van der Waals surface area contributed by atoms with Crippen LogP contribution in [0.2, 0.25) is 17.6 Å². The van der Waals surface area contributed by atoms with E-state index in [0.29, 0.717) is 0 Å². The summed E-state index contributed by atoms with van der Waals surface area (Å²) in [6, 6.07) is 3.00. The van der Waals surface area contributed by atoms with Gasteiger partial charge in [-0.1, -0.05) is 38.8 Å². The summed E-state index contributed by atoms with van der Waals surface area (Å²) in [7, 11) is 1.67. The summed E-state index contributed by atoms with van der Waals surface area (Å²) in [5.74, 6) is 0. The third-order valence-corrected chi connectivity index (χ3v) is 6.60. The second-order valence-electron chi connectivity index (χ2n) is 3.69. The first-order valence-electron chi connectivity index (χ1n) is 4.87. The van der Waals surface area contributed by atoms with Crippen molar-refractivity contribution in [3.05, 3.63) is 0 Å². The van der Waals surface area contributed by atoms with Crippen LogP contribution in [0.3, 0.4) is 0 Å². The Morgan fingerprint density at radius 3 is 2.27 bits per heavy atom. The molecule has 0 aromatic carbocycles. The lowest BCUT2D eigenvalue weighted by atomic mass is 10.5. The van der Waals surface area contributed by atoms with Crippen molar-refractivity contribution in [1.29, 1.82) is 0 Å². The van der Waals surface area contributed by atoms with E-state index in [4.69, 9.17) is 0 Å². The maximum Gasteiger partial charge on any atom is 0.0406 e. The van der Waals surface area contributed by atoms with E-state index >= 15 is 0 Å². The van der Waals surface area contributed by atoms with Crippen LogP contribution in [-0.2, 0) is 0 Å². The summed E-state index contributed by atoms with van der Waals surface area (Å²) in [6.45, 7) is 8.32. The average molecular weight is 173 g/mol. The molecule has 0 spiro atoms. The van der Waals surface area contributed by atoms with Crippen molar-refractivity contribution in [3.8, 4) is 0 Å². The highest BCUT2D eigenvalue weighted by Gasteiger charge is 2.12. The van der Waals surface area contributed by atoms with Crippen molar-refractivity contribution in [2.75, 3.05) is 13.6 Å². The molecule has 0 rings (SSSR count). The fourth-order valence-electron chi connectivity index (χ4n) is 1.51. The Kier molecular flexibility index (Phi) is 6.97. The second kappa shape index (κ2) is 6.86. The van der Waals surface area contributed by atoms with Gasteiger partial charge in [0, 0.05) is 8.80 Å². The predicted molar refractivity (Wildman–Crippen MR) is 56.1 cm³/mol. The summed E-state index contributed by atoms with van der Waals surface area (Å²) in [5.41, 5.74) is 0.989. The Hall–Kier alpha value is 0.177. The zero-order chi connectivity index (χ0) is 8.69. The number of hydrogen-bond donors (Lipinski definition) is 1. The molecule has 0 aliphatic rings. The first kappa shape index (κ1) is 11.2. The highest BCUT2D eigenvalue weighted by Crippen LogP contribution is 2.16. The molecule has 0 aromatic rings. The summed E-state index contributed by atoms with van der Waals surface area (Å²) in [5, 5.41) is 3.25. The maximum absolute atomic E-state index is 3.25. The molecule has 0 radical (unpaired) electrons. The molecule has 1 nitrogen and oxygen atoms in total. The van der Waals surface area contributed by atoms with Crippen LogP contribution in [0.15, 0.2) is 0 Å². The molecule has 2 heteroatoms. The van der Waals surface area contributed by atoms with Crippen LogP contribution < -0.4 is 5.32 Å². The van der Waals surface area contributed by atoms with Gasteiger partial charge in [-0.2, -0.15) is 0 Å². The zero-order valence-corrected chi connectivity index (χ0v) is 9.64. The van der Waals surface area contributed by atoms with Crippen molar-refractivity contribution < 1.29 is 0 Å². The standard InChI is InChI=1S/C9H23NSi/c1-5-7-11(9(2)3)8-6-10-4/h9-11H,5-8H2,1-4H3. The van der Waals surface area contributed by atoms with Crippen LogP contribution in [0.25, 0.3) is 0 Å². The maximum atomic E-state index is 3.25. The van der Waals surface area contributed by atoms with E-state index in [1.807, 2.05) is 0 Å². The number of rotatable bonds is 6. The summed E-state index contributed by atoms with van der Waals surface area (Å²) in [6.07, 6.45) is 1.39. The minimum atomic E-state index is -0.387. The first-order valence-corrected chi connectivity index (χ1v) is 7.16. The molecule has 0 aromatic heterocycles. The van der Waals surface area contributed by atoms with Gasteiger partial charge < -0.3 is 5.32 Å². The van der Waals surface area contributed by atoms with E-state index in [9.17, 15) is 0 Å². The van der Waals surface area contributed by atoms with Crippen LogP contribution >= 0.6 is 0 Å². The number of nitrogens with one attached hydrogen (secondary N) is 1. The fraction of sp³-hybridized carbons (Fsp3) is 1.00. The van der Waals surface area contributed by atoms with Gasteiger partial charge in [-0.3, -0.25) is 0 Å². The smallest absolute Gasteiger partial charge is 0.0406 e. The van der Waals surface area contributed by atoms with Crippen LogP contribution in [-0.4, -0.2) is 22.4 Å². The van der Waals surface area contributed by atoms with E-state index in [2.05, 4.69) is 33.1 Å². The summed E-state index contributed by atoms with van der Waals surface area (Å²) < 4.78 is 0. The molecule has 0 fully saturated rings. The van der Waals surface area contributed by atoms with E-state index in [1.54, 1.807) is 0 Å². The molecule has 0 heterocycles. The van der Waals surface area contributed by atoms with Gasteiger partial charge in [0.1, 0.15) is 0 Å². The molecular weight excluding hydrogens is 150 g/mol. The Bertz CT molecular complexity index is 83.6. The number of hydrogen-bond acceptors (Lipinski definition) is 1. The van der Waals surface area contributed by atoms with Crippen LogP contribution in [0.5, 0.6) is 0 Å². The molecule has 1 atom stereocenters. The SMILES string of the molecule is CCC[SiH](CCNC)C(C)C. The van der Waals surface area contributed by atoms with E-state index in [-0.39, 0.29) is 8.80 Å². The Morgan fingerprint density at radius 2 is 1.91 bits per heavy atom. The summed E-state index contributed by atoms with van der Waals surface area (Å²) in [4.78, 5) is 0. The molecule has 0 saturated heterocycles. The lowest BCUT2D eigenvalue weighted by molar-refractivity contribution is 0.834. The Morgan fingerprint density at radius 1 is 1.27 bits per heavy atom. The van der Waals surface area contributed by atoms with Crippen LogP contribution in [0.4, 0.5) is 0 Å². The molecule has 0 aliphatic carbocycles. The van der Waals surface area contributed by atoms with Crippen molar-refractivity contribution in [3.63, 3.8) is 0 Å². The van der Waals surface area contributed by atoms with Gasteiger partial charge in [-0.05, 0) is 19.6 Å². The molecule has 0 aliphatic heterocycles. The quantitative estimate of drug-likeness (QED) is 0.608. The highest BCUT2D eigenvalue weighted by molar-refractivity contribution is 6.60. The normalized spacial score (nSPS) is 13.9. The molecule has 0 saturated carbocycles. The molecule has 1 unspecified atom stereocenters. The van der Waals surface area contributed by atoms with Gasteiger partial charge in [-0.25, -0.2) is 0 Å². The Balaban J connectivity index is 3.51. The van der Waals surface area contributed by atoms with E-state index in [1.165, 1.54) is 25.1 Å². The Labute approximate surface area is 73.2 Å². The first-order chi connectivity index (χ1) is 5.22. The van der Waals surface area contributed by atoms with Crippen LogP contribution in [0, 0.1) is 0 Å². The van der Waals surface area contributed by atoms with Gasteiger partial charge in [0.25, 0.3) is 0 Å². The molecule has 0 bridgehead atoms. The highest BCUT2D eigenvalue weighted by atomic mass is 28.3. The van der Waals surface area contributed by atoms with Gasteiger partial charge in [0.05, 0.1) is 0 Å². The van der Waals surface area contributed by atoms with E-state index < -0.39 is 0 Å². The zero-order valence-electron chi connectivity index (χ0n) is 8.48. The largest absolute Gasteiger partial charge is 0.320 e. The molecule has 11 heavy (non-hydrogen) atoms. The molecule has 1 N–H and O–H groups in total. The van der Waals surface area contributed by atoms with Crippen molar-refractivity contribution in [2.24, 2.45) is 0 Å². The lowest BCUT2D eigenvalue weighted by Gasteiger charge is -2.17. The molecule has 0 amide bonds. The average Bonchev–Trinajstić information content (AvgIpc) is 1.97. The second-order valence-corrected chi connectivity index (χ2v) is 7.69. The monoisotopic (exact) mass is 173 g/mol. The summed E-state index contributed by atoms with van der Waals surface area (Å²) >= 11 is 0. The van der Waals surface area contributed by atoms with Crippen molar-refractivity contribution in [1.82, 2.24) is 5.32 Å². The minimum absolute atomic E-state index is 0.387. The van der Waals surface area contributed by atoms with Crippen molar-refractivity contribution in [2.45, 2.75) is 44.8 Å². The third kappa shape index (κ3) is 5.45. The lowest BCUT2D eigenvalue weighted by Crippen LogP contribution is -2.22. The van der Waals surface area contributed by atoms with Gasteiger partial charge in [0.2, 0.25) is 0 Å². The van der Waals surface area contributed by atoms with Crippen molar-refractivity contribution >= 4 is 8.80 Å². The van der Waals surface area contributed by atoms with Gasteiger partial charge in [0.15, 0.2) is 0 Å². The van der Waals surface area contributed by atoms with E-state index in [0.717, 1.165) is 5.54 Å². The molecular formula is C9H23NSi. The fourth-order valence-corrected chi connectivity index (χ4v) is 4.53. The van der Waals surface area contributed by atoms with Crippen LogP contribution in [0.1, 0.15) is 27.2 Å². The van der Waals surface area contributed by atoms with Gasteiger partial charge >= 0.3 is 0 Å². The minimum Gasteiger partial charge on any atom is -0.320 e. The third-order valence-electron chi connectivity index (χ3n) is 2.37.